The molecule has 25 heavy (non-hydrogen) atoms. The molecule has 1 amide bonds. The fraction of sp³-hybridized carbons (Fsp3) is 0.211. The first-order valence-corrected chi connectivity index (χ1v) is 8.75. The number of carbonyl (C=O) groups excluding carboxylic acids is 1. The molecule has 0 saturated heterocycles. The molecule has 1 heterocycles. The molecule has 0 aliphatic heterocycles. The third-order valence-corrected chi connectivity index (χ3v) is 4.21. The number of hydrogen-bond acceptors (Lipinski definition) is 4. The Balaban J connectivity index is 1.81. The number of anilines is 1. The standard InChI is InChI=1S/C19H18BrN3O2/c1-13(2)23(15-6-4-3-5-7-15)18(24)11-25-19-16-10-14(20)8-9-17(16)21-12-22-19/h3-10,12-13H,11H2,1-2H3. The van der Waals surface area contributed by atoms with Crippen molar-refractivity contribution >= 4 is 38.4 Å². The molecule has 0 unspecified atom stereocenters. The normalized spacial score (nSPS) is 10.9. The van der Waals surface area contributed by atoms with Gasteiger partial charge in [-0.1, -0.05) is 34.1 Å². The van der Waals surface area contributed by atoms with Crippen molar-refractivity contribution in [1.82, 2.24) is 9.97 Å². The number of para-hydroxylation sites is 1. The van der Waals surface area contributed by atoms with Crippen LogP contribution in [-0.4, -0.2) is 28.5 Å². The van der Waals surface area contributed by atoms with Gasteiger partial charge in [-0.25, -0.2) is 9.97 Å². The topological polar surface area (TPSA) is 55.3 Å². The second-order valence-electron chi connectivity index (χ2n) is 5.82. The van der Waals surface area contributed by atoms with Crippen LogP contribution in [0.5, 0.6) is 5.88 Å². The number of ether oxygens (including phenoxy) is 1. The number of fused-ring (bicyclic) bond motifs is 1. The number of benzene rings is 2. The second-order valence-corrected chi connectivity index (χ2v) is 6.74. The Kier molecular flexibility index (Phi) is 5.28. The second kappa shape index (κ2) is 7.61. The summed E-state index contributed by atoms with van der Waals surface area (Å²) in [6, 6.07) is 15.3. The van der Waals surface area contributed by atoms with Crippen molar-refractivity contribution in [3.8, 4) is 5.88 Å². The number of aromatic nitrogens is 2. The van der Waals surface area contributed by atoms with Gasteiger partial charge in [0.25, 0.3) is 5.91 Å². The van der Waals surface area contributed by atoms with E-state index in [1.807, 2.05) is 62.4 Å². The predicted octanol–water partition coefficient (Wildman–Crippen LogP) is 4.21. The summed E-state index contributed by atoms with van der Waals surface area (Å²) >= 11 is 3.43. The van der Waals surface area contributed by atoms with Crippen molar-refractivity contribution in [2.45, 2.75) is 19.9 Å². The molecule has 0 aliphatic rings. The third kappa shape index (κ3) is 3.96. The summed E-state index contributed by atoms with van der Waals surface area (Å²) in [6.07, 6.45) is 1.44. The Bertz CT molecular complexity index is 884. The van der Waals surface area contributed by atoms with Crippen molar-refractivity contribution in [3.05, 3.63) is 59.3 Å². The van der Waals surface area contributed by atoms with E-state index in [1.54, 1.807) is 4.90 Å². The maximum Gasteiger partial charge on any atom is 0.265 e. The monoisotopic (exact) mass is 399 g/mol. The Labute approximate surface area is 154 Å². The lowest BCUT2D eigenvalue weighted by atomic mass is 10.2. The summed E-state index contributed by atoms with van der Waals surface area (Å²) in [7, 11) is 0. The summed E-state index contributed by atoms with van der Waals surface area (Å²) < 4.78 is 6.63. The van der Waals surface area contributed by atoms with Gasteiger partial charge in [0.1, 0.15) is 6.33 Å². The highest BCUT2D eigenvalue weighted by Crippen LogP contribution is 2.25. The van der Waals surface area contributed by atoms with Crippen LogP contribution >= 0.6 is 15.9 Å². The quantitative estimate of drug-likeness (QED) is 0.644. The van der Waals surface area contributed by atoms with E-state index < -0.39 is 0 Å². The Morgan fingerprint density at radius 1 is 1.16 bits per heavy atom. The van der Waals surface area contributed by atoms with Gasteiger partial charge in [-0.3, -0.25) is 4.79 Å². The van der Waals surface area contributed by atoms with Crippen LogP contribution in [0.2, 0.25) is 0 Å². The van der Waals surface area contributed by atoms with Gasteiger partial charge in [-0.05, 0) is 44.2 Å². The molecule has 3 aromatic rings. The minimum atomic E-state index is -0.122. The first-order valence-electron chi connectivity index (χ1n) is 7.96. The molecule has 0 fully saturated rings. The SMILES string of the molecule is CC(C)N(C(=O)COc1ncnc2ccc(Br)cc12)c1ccccc1. The van der Waals surface area contributed by atoms with Crippen LogP contribution in [0.15, 0.2) is 59.3 Å². The zero-order valence-corrected chi connectivity index (χ0v) is 15.6. The number of nitrogens with zero attached hydrogens (tertiary/aromatic N) is 3. The van der Waals surface area contributed by atoms with E-state index >= 15 is 0 Å². The molecule has 0 bridgehead atoms. The molecule has 6 heteroatoms. The average molecular weight is 400 g/mol. The fourth-order valence-corrected chi connectivity index (χ4v) is 3.00. The lowest BCUT2D eigenvalue weighted by Crippen LogP contribution is -2.40. The Morgan fingerprint density at radius 3 is 2.64 bits per heavy atom. The molecule has 0 atom stereocenters. The van der Waals surface area contributed by atoms with Gasteiger partial charge in [0.05, 0.1) is 10.9 Å². The van der Waals surface area contributed by atoms with Crippen LogP contribution in [0.1, 0.15) is 13.8 Å². The van der Waals surface area contributed by atoms with Gasteiger partial charge >= 0.3 is 0 Å². The molecule has 0 aliphatic carbocycles. The van der Waals surface area contributed by atoms with E-state index in [0.717, 1.165) is 21.1 Å². The minimum absolute atomic E-state index is 0.0230. The van der Waals surface area contributed by atoms with E-state index in [2.05, 4.69) is 25.9 Å². The van der Waals surface area contributed by atoms with Crippen LogP contribution in [0.25, 0.3) is 10.9 Å². The summed E-state index contributed by atoms with van der Waals surface area (Å²) in [5.74, 6) is 0.277. The summed E-state index contributed by atoms with van der Waals surface area (Å²) in [6.45, 7) is 3.86. The maximum absolute atomic E-state index is 12.7. The van der Waals surface area contributed by atoms with E-state index in [4.69, 9.17) is 4.74 Å². The van der Waals surface area contributed by atoms with Crippen LogP contribution in [0.3, 0.4) is 0 Å². The molecule has 2 aromatic carbocycles. The van der Waals surface area contributed by atoms with Crippen molar-refractivity contribution in [3.63, 3.8) is 0 Å². The molecule has 0 radical (unpaired) electrons. The summed E-state index contributed by atoms with van der Waals surface area (Å²) in [4.78, 5) is 22.8. The summed E-state index contributed by atoms with van der Waals surface area (Å²) in [5.41, 5.74) is 1.62. The molecule has 3 rings (SSSR count). The number of halogens is 1. The fourth-order valence-electron chi connectivity index (χ4n) is 2.64. The highest BCUT2D eigenvalue weighted by molar-refractivity contribution is 9.10. The van der Waals surface area contributed by atoms with Gasteiger partial charge in [-0.2, -0.15) is 0 Å². The lowest BCUT2D eigenvalue weighted by molar-refractivity contribution is -0.121. The van der Waals surface area contributed by atoms with Crippen LogP contribution in [0, 0.1) is 0 Å². The zero-order valence-electron chi connectivity index (χ0n) is 14.0. The smallest absolute Gasteiger partial charge is 0.265 e. The molecular formula is C19H18BrN3O2. The zero-order chi connectivity index (χ0) is 17.8. The molecule has 0 saturated carbocycles. The summed E-state index contributed by atoms with van der Waals surface area (Å²) in [5, 5.41) is 0.764. The first-order chi connectivity index (χ1) is 12.1. The van der Waals surface area contributed by atoms with Crippen LogP contribution in [0.4, 0.5) is 5.69 Å². The highest BCUT2D eigenvalue weighted by Gasteiger charge is 2.20. The molecular weight excluding hydrogens is 382 g/mol. The van der Waals surface area contributed by atoms with Gasteiger partial charge in [0.2, 0.25) is 5.88 Å². The third-order valence-electron chi connectivity index (χ3n) is 3.71. The van der Waals surface area contributed by atoms with Crippen molar-refractivity contribution in [2.24, 2.45) is 0 Å². The van der Waals surface area contributed by atoms with E-state index in [-0.39, 0.29) is 18.6 Å². The van der Waals surface area contributed by atoms with Crippen molar-refractivity contribution in [2.75, 3.05) is 11.5 Å². The van der Waals surface area contributed by atoms with E-state index in [1.165, 1.54) is 6.33 Å². The maximum atomic E-state index is 12.7. The molecule has 5 nitrogen and oxygen atoms in total. The van der Waals surface area contributed by atoms with Crippen molar-refractivity contribution < 1.29 is 9.53 Å². The van der Waals surface area contributed by atoms with E-state index in [9.17, 15) is 4.79 Å². The Morgan fingerprint density at radius 2 is 1.92 bits per heavy atom. The predicted molar refractivity (Wildman–Crippen MR) is 102 cm³/mol. The molecule has 0 N–H and O–H groups in total. The number of amides is 1. The molecule has 1 aromatic heterocycles. The number of hydrogen-bond donors (Lipinski definition) is 0. The largest absolute Gasteiger partial charge is 0.467 e. The number of rotatable bonds is 5. The van der Waals surface area contributed by atoms with Gasteiger partial charge in [-0.15, -0.1) is 0 Å². The first kappa shape index (κ1) is 17.4. The number of carbonyl (C=O) groups is 1. The van der Waals surface area contributed by atoms with Gasteiger partial charge < -0.3 is 9.64 Å². The average Bonchev–Trinajstić information content (AvgIpc) is 2.60. The Hall–Kier alpha value is -2.47. The molecule has 128 valence electrons. The van der Waals surface area contributed by atoms with E-state index in [0.29, 0.717) is 5.88 Å². The van der Waals surface area contributed by atoms with Crippen molar-refractivity contribution in [1.29, 1.82) is 0 Å². The minimum Gasteiger partial charge on any atom is -0.467 e. The van der Waals surface area contributed by atoms with Gasteiger partial charge in [0, 0.05) is 16.2 Å². The van der Waals surface area contributed by atoms with Crippen LogP contribution < -0.4 is 9.64 Å². The molecule has 0 spiro atoms. The van der Waals surface area contributed by atoms with Gasteiger partial charge in [0.15, 0.2) is 6.61 Å². The van der Waals surface area contributed by atoms with Crippen LogP contribution in [-0.2, 0) is 4.79 Å². The lowest BCUT2D eigenvalue weighted by Gasteiger charge is -2.26. The highest BCUT2D eigenvalue weighted by atomic mass is 79.9.